The van der Waals surface area contributed by atoms with Crippen LogP contribution in [0.4, 0.5) is 17.3 Å². The van der Waals surface area contributed by atoms with Gasteiger partial charge in [0.15, 0.2) is 0 Å². The lowest BCUT2D eigenvalue weighted by Gasteiger charge is -2.19. The lowest BCUT2D eigenvalue weighted by atomic mass is 9.83. The van der Waals surface area contributed by atoms with E-state index >= 15 is 0 Å². The molecule has 0 fully saturated rings. The zero-order valence-electron chi connectivity index (χ0n) is 16.9. The highest BCUT2D eigenvalue weighted by molar-refractivity contribution is 6.50. The third-order valence-electron chi connectivity index (χ3n) is 3.77. The Balaban J connectivity index is 0.000000646. The third kappa shape index (κ3) is 7.61. The fourth-order valence-electron chi connectivity index (χ4n) is 2.29. The van der Waals surface area contributed by atoms with E-state index in [9.17, 15) is 17.3 Å². The second-order valence-corrected chi connectivity index (χ2v) is 8.27. The van der Waals surface area contributed by atoms with Crippen molar-refractivity contribution in [3.63, 3.8) is 0 Å². The van der Waals surface area contributed by atoms with Crippen molar-refractivity contribution >= 4 is 7.25 Å². The summed E-state index contributed by atoms with van der Waals surface area (Å²) in [6.07, 6.45) is 0. The number of benzene rings is 1. The van der Waals surface area contributed by atoms with E-state index in [-0.39, 0.29) is 10.8 Å². The summed E-state index contributed by atoms with van der Waals surface area (Å²) < 4.78 is 50.7. The maximum Gasteiger partial charge on any atom is 0.673 e. The summed E-state index contributed by atoms with van der Waals surface area (Å²) in [7, 11) is -4.31. The quantitative estimate of drug-likeness (QED) is 0.311. The van der Waals surface area contributed by atoms with Crippen LogP contribution in [0.3, 0.4) is 0 Å². The summed E-state index contributed by atoms with van der Waals surface area (Å²) in [5.74, 6) is 2.67. The van der Waals surface area contributed by atoms with Gasteiger partial charge in [-0.2, -0.15) is 0 Å². The Bertz CT molecular complexity index is 722. The first kappa shape index (κ1) is 23.0. The van der Waals surface area contributed by atoms with Crippen LogP contribution in [0.5, 0.6) is 5.75 Å². The Morgan fingerprint density at radius 3 is 1.81 bits per heavy atom. The van der Waals surface area contributed by atoms with Crippen molar-refractivity contribution in [1.29, 1.82) is 0 Å². The predicted molar refractivity (Wildman–Crippen MR) is 103 cm³/mol. The van der Waals surface area contributed by atoms with Crippen LogP contribution in [0, 0.1) is 0 Å². The second kappa shape index (κ2) is 8.32. The molecule has 27 heavy (non-hydrogen) atoms. The molecule has 0 aliphatic heterocycles. The Hall–Kier alpha value is -2.05. The van der Waals surface area contributed by atoms with Crippen LogP contribution in [0.15, 0.2) is 40.8 Å². The normalized spacial score (nSPS) is 12.3. The first-order valence-corrected chi connectivity index (χ1v) is 8.63. The number of methoxy groups -OCH3 is 1. The van der Waals surface area contributed by atoms with Gasteiger partial charge in [-0.05, 0) is 43.9 Å². The molecule has 2 aromatic rings. The third-order valence-corrected chi connectivity index (χ3v) is 3.77. The molecule has 1 aromatic carbocycles. The van der Waals surface area contributed by atoms with E-state index in [2.05, 4.69) is 53.7 Å². The molecule has 0 bridgehead atoms. The lowest BCUT2D eigenvalue weighted by molar-refractivity contribution is 0.368. The minimum Gasteiger partial charge on any atom is -0.496 e. The average Bonchev–Trinajstić information content (AvgIpc) is 2.51. The van der Waals surface area contributed by atoms with Gasteiger partial charge >= 0.3 is 18.8 Å². The van der Waals surface area contributed by atoms with Gasteiger partial charge in [0.25, 0.3) is 0 Å². The number of hydrogen-bond donors (Lipinski definition) is 0. The van der Waals surface area contributed by atoms with Crippen molar-refractivity contribution in [3.8, 4) is 17.1 Å². The van der Waals surface area contributed by atoms with Crippen LogP contribution >= 0.6 is 0 Å². The summed E-state index contributed by atoms with van der Waals surface area (Å²) in [6.45, 7) is 13.2. The predicted octanol–water partition coefficient (Wildman–Crippen LogP) is 7.13. The number of hydrogen-bond acceptors (Lipinski definition) is 1. The highest BCUT2D eigenvalue weighted by Crippen LogP contribution is 2.36. The Morgan fingerprint density at radius 2 is 1.37 bits per heavy atom. The molecular formula is C20H27BF4O2. The summed E-state index contributed by atoms with van der Waals surface area (Å²) in [6, 6.07) is 12.3. The standard InChI is InChI=1S/C20H27O2.BF4/c1-19(2,3)14-12-17(22-18(13-14)20(4,5)6)15-10-8-9-11-16(15)21-7;2-1(3,4)5/h8-13H,1-7H3;/q+1;-1. The molecule has 0 unspecified atom stereocenters. The molecule has 0 aliphatic carbocycles. The molecule has 2 nitrogen and oxygen atoms in total. The van der Waals surface area contributed by atoms with Crippen molar-refractivity contribution in [2.75, 3.05) is 7.11 Å². The molecule has 0 saturated heterocycles. The van der Waals surface area contributed by atoms with Gasteiger partial charge in [-0.1, -0.05) is 32.9 Å². The van der Waals surface area contributed by atoms with Gasteiger partial charge in [0, 0.05) is 12.1 Å². The number of ether oxygens (including phenoxy) is 1. The lowest BCUT2D eigenvalue weighted by Crippen LogP contribution is -2.16. The zero-order valence-corrected chi connectivity index (χ0v) is 16.9. The molecule has 150 valence electrons. The van der Waals surface area contributed by atoms with Crippen molar-refractivity contribution in [2.24, 2.45) is 0 Å². The van der Waals surface area contributed by atoms with E-state index < -0.39 is 7.25 Å². The van der Waals surface area contributed by atoms with Gasteiger partial charge < -0.3 is 22.0 Å². The minimum atomic E-state index is -6.00. The van der Waals surface area contributed by atoms with Gasteiger partial charge in [-0.3, -0.25) is 0 Å². The van der Waals surface area contributed by atoms with E-state index in [1.165, 1.54) is 5.56 Å². The topological polar surface area (TPSA) is 20.5 Å². The van der Waals surface area contributed by atoms with E-state index in [0.717, 1.165) is 22.8 Å². The van der Waals surface area contributed by atoms with E-state index in [0.29, 0.717) is 0 Å². The number of halogens is 4. The van der Waals surface area contributed by atoms with Gasteiger partial charge in [-0.15, -0.1) is 0 Å². The highest BCUT2D eigenvalue weighted by atomic mass is 19.5. The Kier molecular flexibility index (Phi) is 7.08. The van der Waals surface area contributed by atoms with E-state index in [1.807, 2.05) is 24.3 Å². The van der Waals surface area contributed by atoms with Gasteiger partial charge in [0.05, 0.1) is 12.5 Å². The molecule has 7 heteroatoms. The first-order chi connectivity index (χ1) is 12.1. The molecule has 0 N–H and O–H groups in total. The maximum absolute atomic E-state index is 9.75. The molecule has 0 saturated carbocycles. The molecular weight excluding hydrogens is 359 g/mol. The van der Waals surface area contributed by atoms with Crippen molar-refractivity contribution in [2.45, 2.75) is 52.4 Å². The molecule has 0 radical (unpaired) electrons. The van der Waals surface area contributed by atoms with E-state index in [4.69, 9.17) is 9.15 Å². The number of para-hydroxylation sites is 1. The minimum absolute atomic E-state index is 0.0436. The van der Waals surface area contributed by atoms with Crippen LogP contribution in [0.25, 0.3) is 11.3 Å². The van der Waals surface area contributed by atoms with Crippen molar-refractivity contribution < 1.29 is 26.4 Å². The first-order valence-electron chi connectivity index (χ1n) is 8.63. The van der Waals surface area contributed by atoms with Crippen LogP contribution in [0.2, 0.25) is 0 Å². The van der Waals surface area contributed by atoms with Crippen LogP contribution in [-0.4, -0.2) is 14.4 Å². The molecule has 0 amide bonds. The fourth-order valence-corrected chi connectivity index (χ4v) is 2.29. The monoisotopic (exact) mass is 386 g/mol. The Labute approximate surface area is 158 Å². The zero-order chi connectivity index (χ0) is 21.0. The van der Waals surface area contributed by atoms with Gasteiger partial charge in [0.2, 0.25) is 0 Å². The fraction of sp³-hybridized carbons (Fsp3) is 0.450. The molecule has 0 aliphatic rings. The summed E-state index contributed by atoms with van der Waals surface area (Å²) in [5.41, 5.74) is 2.28. The molecule has 0 spiro atoms. The van der Waals surface area contributed by atoms with Crippen LogP contribution < -0.4 is 4.74 Å². The van der Waals surface area contributed by atoms with Crippen LogP contribution in [0.1, 0.15) is 52.9 Å². The van der Waals surface area contributed by atoms with Crippen molar-refractivity contribution in [3.05, 3.63) is 47.7 Å². The van der Waals surface area contributed by atoms with Crippen LogP contribution in [-0.2, 0) is 10.8 Å². The molecule has 1 aromatic heterocycles. The average molecular weight is 386 g/mol. The number of rotatable bonds is 2. The summed E-state index contributed by atoms with van der Waals surface area (Å²) >= 11 is 0. The van der Waals surface area contributed by atoms with Crippen molar-refractivity contribution in [1.82, 2.24) is 0 Å². The molecule has 2 rings (SSSR count). The van der Waals surface area contributed by atoms with Gasteiger partial charge in [0.1, 0.15) is 11.3 Å². The molecule has 0 atom stereocenters. The Morgan fingerprint density at radius 1 is 0.852 bits per heavy atom. The summed E-state index contributed by atoms with van der Waals surface area (Å²) in [4.78, 5) is 0. The SMILES string of the molecule is COc1ccccc1-c1cc(C(C)(C)C)cc(C(C)(C)C)[o+]1.F[B-](F)(F)F. The smallest absolute Gasteiger partial charge is 0.496 e. The van der Waals surface area contributed by atoms with E-state index in [1.54, 1.807) is 7.11 Å². The maximum atomic E-state index is 9.75. The van der Waals surface area contributed by atoms with Gasteiger partial charge in [-0.25, -0.2) is 4.42 Å². The molecule has 1 heterocycles. The highest BCUT2D eigenvalue weighted by Gasteiger charge is 2.32. The largest absolute Gasteiger partial charge is 0.673 e. The second-order valence-electron chi connectivity index (χ2n) is 8.27. The summed E-state index contributed by atoms with van der Waals surface area (Å²) in [5, 5.41) is 0.